The van der Waals surface area contributed by atoms with Gasteiger partial charge in [0.15, 0.2) is 23.0 Å². The van der Waals surface area contributed by atoms with Gasteiger partial charge in [-0.1, -0.05) is 13.8 Å². The maximum atomic E-state index is 11.9. The van der Waals surface area contributed by atoms with E-state index in [2.05, 4.69) is 24.1 Å². The zero-order valence-electron chi connectivity index (χ0n) is 20.0. The lowest BCUT2D eigenvalue weighted by Gasteiger charge is -2.29. The van der Waals surface area contributed by atoms with Gasteiger partial charge in [0.05, 0.1) is 43.9 Å². The number of rotatable bonds is 11. The van der Waals surface area contributed by atoms with E-state index in [4.69, 9.17) is 18.9 Å². The van der Waals surface area contributed by atoms with Gasteiger partial charge in [0.1, 0.15) is 6.61 Å². The number of hydrogen-bond acceptors (Lipinski definition) is 8. The Hall–Kier alpha value is -3.04. The van der Waals surface area contributed by atoms with E-state index < -0.39 is 11.0 Å². The van der Waals surface area contributed by atoms with E-state index >= 15 is 0 Å². The van der Waals surface area contributed by atoms with E-state index in [1.165, 1.54) is 20.3 Å². The van der Waals surface area contributed by atoms with Crippen LogP contribution in [0.15, 0.2) is 24.3 Å². The van der Waals surface area contributed by atoms with Gasteiger partial charge in [0.25, 0.3) is 5.69 Å². The Balaban J connectivity index is 2.02. The van der Waals surface area contributed by atoms with Gasteiger partial charge in [-0.3, -0.25) is 10.1 Å². The molecule has 0 bridgehead atoms. The summed E-state index contributed by atoms with van der Waals surface area (Å²) in [6, 6.07) is 6.60. The van der Waals surface area contributed by atoms with Gasteiger partial charge in [-0.2, -0.15) is 0 Å². The molecule has 2 aromatic rings. The van der Waals surface area contributed by atoms with Crippen molar-refractivity contribution in [3.8, 4) is 23.0 Å². The third kappa shape index (κ3) is 5.31. The molecule has 1 aliphatic heterocycles. The molecule has 0 saturated heterocycles. The molecular weight excluding hydrogens is 426 g/mol. The second-order valence-electron chi connectivity index (χ2n) is 7.74. The monoisotopic (exact) mass is 459 g/mol. The van der Waals surface area contributed by atoms with E-state index in [-0.39, 0.29) is 5.69 Å². The SMILES string of the molecule is CCN(CC)CCOc1cc2c(cc1OC)CCNC2c1cc(OC)c(OC)cc1[N+](=O)[O-]. The molecule has 1 heterocycles. The van der Waals surface area contributed by atoms with Crippen molar-refractivity contribution in [1.82, 2.24) is 10.2 Å². The molecule has 0 spiro atoms. The first-order chi connectivity index (χ1) is 16.0. The maximum Gasteiger partial charge on any atom is 0.278 e. The average molecular weight is 460 g/mol. The number of likely N-dealkylation sites (N-methyl/N-ethyl adjacent to an activating group) is 1. The molecule has 9 nitrogen and oxygen atoms in total. The zero-order valence-corrected chi connectivity index (χ0v) is 20.0. The number of fused-ring (bicyclic) bond motifs is 1. The zero-order chi connectivity index (χ0) is 24.0. The molecule has 180 valence electrons. The standard InChI is InChI=1S/C24H33N3O6/c1-6-26(7-2)10-11-33-23-13-17-16(12-20(23)30-3)8-9-25-24(17)18-14-21(31-4)22(32-5)15-19(18)27(28)29/h12-15,24-25H,6-11H2,1-5H3. The highest BCUT2D eigenvalue weighted by atomic mass is 16.6. The van der Waals surface area contributed by atoms with Crippen LogP contribution in [0.3, 0.4) is 0 Å². The van der Waals surface area contributed by atoms with Crippen LogP contribution < -0.4 is 24.3 Å². The predicted molar refractivity (Wildman–Crippen MR) is 126 cm³/mol. The summed E-state index contributed by atoms with van der Waals surface area (Å²) in [5, 5.41) is 15.3. The van der Waals surface area contributed by atoms with Crippen molar-refractivity contribution in [3.63, 3.8) is 0 Å². The molecule has 1 atom stereocenters. The smallest absolute Gasteiger partial charge is 0.278 e. The van der Waals surface area contributed by atoms with Crippen molar-refractivity contribution in [2.45, 2.75) is 26.3 Å². The van der Waals surface area contributed by atoms with Crippen LogP contribution in [-0.4, -0.2) is 63.9 Å². The van der Waals surface area contributed by atoms with Crippen molar-refractivity contribution < 1.29 is 23.9 Å². The summed E-state index contributed by atoms with van der Waals surface area (Å²) in [4.78, 5) is 13.8. The summed E-state index contributed by atoms with van der Waals surface area (Å²) < 4.78 is 22.4. The Kier molecular flexibility index (Phi) is 8.35. The van der Waals surface area contributed by atoms with Crippen LogP contribution in [0.2, 0.25) is 0 Å². The summed E-state index contributed by atoms with van der Waals surface area (Å²) in [5.74, 6) is 2.05. The molecule has 9 heteroatoms. The third-order valence-corrected chi connectivity index (χ3v) is 6.08. The number of nitro groups is 1. The fraction of sp³-hybridized carbons (Fsp3) is 0.500. The summed E-state index contributed by atoms with van der Waals surface area (Å²) in [6.45, 7) is 8.15. The fourth-order valence-corrected chi connectivity index (χ4v) is 4.21. The first-order valence-corrected chi connectivity index (χ1v) is 11.2. The quantitative estimate of drug-likeness (QED) is 0.403. The normalized spacial score (nSPS) is 15.2. The molecule has 0 radical (unpaired) electrons. The van der Waals surface area contributed by atoms with Gasteiger partial charge in [0, 0.05) is 13.1 Å². The van der Waals surface area contributed by atoms with Gasteiger partial charge >= 0.3 is 0 Å². The highest BCUT2D eigenvalue weighted by Crippen LogP contribution is 2.43. The first-order valence-electron chi connectivity index (χ1n) is 11.2. The van der Waals surface area contributed by atoms with Crippen molar-refractivity contribution >= 4 is 5.69 Å². The highest BCUT2D eigenvalue weighted by Gasteiger charge is 2.31. The molecule has 0 fully saturated rings. The van der Waals surface area contributed by atoms with Crippen molar-refractivity contribution in [1.29, 1.82) is 0 Å². The van der Waals surface area contributed by atoms with Crippen molar-refractivity contribution in [2.24, 2.45) is 0 Å². The average Bonchev–Trinajstić information content (AvgIpc) is 2.84. The lowest BCUT2D eigenvalue weighted by Crippen LogP contribution is -2.31. The Morgan fingerprint density at radius 2 is 1.58 bits per heavy atom. The van der Waals surface area contributed by atoms with Gasteiger partial charge in [-0.15, -0.1) is 0 Å². The van der Waals surface area contributed by atoms with E-state index in [0.29, 0.717) is 41.7 Å². The lowest BCUT2D eigenvalue weighted by molar-refractivity contribution is -0.385. The van der Waals surface area contributed by atoms with Crippen LogP contribution in [0.4, 0.5) is 5.69 Å². The van der Waals surface area contributed by atoms with Crippen LogP contribution in [0.1, 0.15) is 36.6 Å². The molecule has 33 heavy (non-hydrogen) atoms. The summed E-state index contributed by atoms with van der Waals surface area (Å²) in [5.41, 5.74) is 2.47. The number of hydrogen-bond donors (Lipinski definition) is 1. The Morgan fingerprint density at radius 1 is 0.970 bits per heavy atom. The highest BCUT2D eigenvalue weighted by molar-refractivity contribution is 5.59. The summed E-state index contributed by atoms with van der Waals surface area (Å²) in [6.07, 6.45) is 0.781. The largest absolute Gasteiger partial charge is 0.493 e. The molecule has 0 aromatic heterocycles. The van der Waals surface area contributed by atoms with Gasteiger partial charge < -0.3 is 29.2 Å². The van der Waals surface area contributed by atoms with E-state index in [1.807, 2.05) is 12.1 Å². The Bertz CT molecular complexity index is 977. The summed E-state index contributed by atoms with van der Waals surface area (Å²) >= 11 is 0. The van der Waals surface area contributed by atoms with Crippen LogP contribution in [0.25, 0.3) is 0 Å². The number of ether oxygens (including phenoxy) is 4. The Morgan fingerprint density at radius 3 is 2.18 bits per heavy atom. The van der Waals surface area contributed by atoms with E-state index in [1.54, 1.807) is 13.2 Å². The molecule has 1 unspecified atom stereocenters. The molecule has 0 amide bonds. The number of nitrogens with one attached hydrogen (secondary N) is 1. The molecular formula is C24H33N3O6. The lowest BCUT2D eigenvalue weighted by atomic mass is 9.88. The molecule has 1 N–H and O–H groups in total. The predicted octanol–water partition coefficient (Wildman–Crippen LogP) is 3.58. The van der Waals surface area contributed by atoms with Crippen LogP contribution in [-0.2, 0) is 6.42 Å². The number of nitro benzene ring substituents is 1. The minimum atomic E-state index is -0.398. The number of benzene rings is 2. The number of nitrogens with zero attached hydrogens (tertiary/aromatic N) is 2. The van der Waals surface area contributed by atoms with Gasteiger partial charge in [-0.25, -0.2) is 0 Å². The third-order valence-electron chi connectivity index (χ3n) is 6.08. The van der Waals surface area contributed by atoms with Gasteiger partial charge in [0.2, 0.25) is 0 Å². The summed E-state index contributed by atoms with van der Waals surface area (Å²) in [7, 11) is 4.60. The van der Waals surface area contributed by atoms with E-state index in [0.717, 1.165) is 37.2 Å². The topological polar surface area (TPSA) is 95.3 Å². The second kappa shape index (κ2) is 11.2. The molecule has 2 aromatic carbocycles. The number of methoxy groups -OCH3 is 3. The van der Waals surface area contributed by atoms with E-state index in [9.17, 15) is 10.1 Å². The van der Waals surface area contributed by atoms with Gasteiger partial charge in [-0.05, 0) is 48.8 Å². The van der Waals surface area contributed by atoms with Crippen LogP contribution in [0.5, 0.6) is 23.0 Å². The molecule has 0 aliphatic carbocycles. The first kappa shape index (κ1) is 24.6. The minimum absolute atomic E-state index is 0.0298. The fourth-order valence-electron chi connectivity index (χ4n) is 4.21. The molecule has 0 saturated carbocycles. The molecule has 1 aliphatic rings. The minimum Gasteiger partial charge on any atom is -0.493 e. The van der Waals surface area contributed by atoms with Crippen LogP contribution >= 0.6 is 0 Å². The Labute approximate surface area is 194 Å². The molecule has 3 rings (SSSR count). The van der Waals surface area contributed by atoms with Crippen molar-refractivity contribution in [3.05, 3.63) is 51.1 Å². The van der Waals surface area contributed by atoms with Crippen LogP contribution in [0, 0.1) is 10.1 Å². The van der Waals surface area contributed by atoms with Crippen molar-refractivity contribution in [2.75, 3.05) is 54.1 Å². The second-order valence-corrected chi connectivity index (χ2v) is 7.74. The maximum absolute atomic E-state index is 11.9.